The predicted octanol–water partition coefficient (Wildman–Crippen LogP) is 4.52. The number of allylic oxidation sites excluding steroid dienone is 1. The lowest BCUT2D eigenvalue weighted by atomic mass is 10.1. The maximum atomic E-state index is 11.3. The minimum Gasteiger partial charge on any atom is -0.478 e. The lowest BCUT2D eigenvalue weighted by molar-refractivity contribution is 0.0694. The van der Waals surface area contributed by atoms with Gasteiger partial charge in [-0.2, -0.15) is 0 Å². The largest absolute Gasteiger partial charge is 0.478 e. The second-order valence-corrected chi connectivity index (χ2v) is 4.40. The summed E-state index contributed by atoms with van der Waals surface area (Å²) in [5.74, 6) is 0.0339. The fraction of sp³-hybridized carbons (Fsp3) is 0.118. The van der Waals surface area contributed by atoms with Crippen LogP contribution in [0.4, 0.5) is 0 Å². The third-order valence-corrected chi connectivity index (χ3v) is 2.92. The van der Waals surface area contributed by atoms with Crippen molar-refractivity contribution in [1.82, 2.24) is 0 Å². The van der Waals surface area contributed by atoms with Crippen molar-refractivity contribution in [2.45, 2.75) is 13.8 Å². The SMILES string of the molecule is C/C=C/c1ccccc1Oc1c(C)cccc1C(=O)O. The maximum absolute atomic E-state index is 11.3. The van der Waals surface area contributed by atoms with Gasteiger partial charge in [0.25, 0.3) is 0 Å². The first-order valence-electron chi connectivity index (χ1n) is 6.36. The van der Waals surface area contributed by atoms with E-state index in [4.69, 9.17) is 4.74 Å². The molecule has 102 valence electrons. The molecule has 0 aliphatic rings. The molecule has 0 unspecified atom stereocenters. The smallest absolute Gasteiger partial charge is 0.339 e. The highest BCUT2D eigenvalue weighted by Crippen LogP contribution is 2.31. The van der Waals surface area contributed by atoms with Crippen molar-refractivity contribution in [3.05, 3.63) is 65.2 Å². The molecule has 0 aromatic heterocycles. The topological polar surface area (TPSA) is 46.5 Å². The summed E-state index contributed by atoms with van der Waals surface area (Å²) in [6.07, 6.45) is 3.84. The number of aromatic carboxylic acids is 1. The molecule has 1 N–H and O–H groups in total. The predicted molar refractivity (Wildman–Crippen MR) is 79.4 cm³/mol. The number of ether oxygens (including phenoxy) is 1. The van der Waals surface area contributed by atoms with Gasteiger partial charge in [-0.1, -0.05) is 42.5 Å². The van der Waals surface area contributed by atoms with Crippen molar-refractivity contribution in [2.75, 3.05) is 0 Å². The molecular formula is C17H16O3. The van der Waals surface area contributed by atoms with Gasteiger partial charge in [0.05, 0.1) is 0 Å². The normalized spacial score (nSPS) is 10.7. The first-order valence-corrected chi connectivity index (χ1v) is 6.36. The highest BCUT2D eigenvalue weighted by molar-refractivity contribution is 5.91. The van der Waals surface area contributed by atoms with Crippen molar-refractivity contribution in [1.29, 1.82) is 0 Å². The Balaban J connectivity index is 2.48. The van der Waals surface area contributed by atoms with Crippen LogP contribution < -0.4 is 4.74 Å². The number of rotatable bonds is 4. The zero-order valence-corrected chi connectivity index (χ0v) is 11.5. The van der Waals surface area contributed by atoms with Crippen LogP contribution in [0.15, 0.2) is 48.5 Å². The number of carboxylic acids is 1. The van der Waals surface area contributed by atoms with E-state index < -0.39 is 5.97 Å². The Morgan fingerprint density at radius 2 is 1.90 bits per heavy atom. The molecule has 3 nitrogen and oxygen atoms in total. The van der Waals surface area contributed by atoms with Gasteiger partial charge in [-0.05, 0) is 31.5 Å². The van der Waals surface area contributed by atoms with Gasteiger partial charge in [0.2, 0.25) is 0 Å². The standard InChI is InChI=1S/C17H16O3/c1-3-7-13-9-4-5-11-15(13)20-16-12(2)8-6-10-14(16)17(18)19/h3-11H,1-2H3,(H,18,19)/b7-3+. The summed E-state index contributed by atoms with van der Waals surface area (Å²) in [7, 11) is 0. The Kier molecular flexibility index (Phi) is 4.20. The second-order valence-electron chi connectivity index (χ2n) is 4.40. The minimum absolute atomic E-state index is 0.167. The van der Waals surface area contributed by atoms with Crippen LogP contribution in [-0.4, -0.2) is 11.1 Å². The molecule has 0 saturated carbocycles. The average Bonchev–Trinajstić information content (AvgIpc) is 2.43. The number of hydrogen-bond acceptors (Lipinski definition) is 2. The number of carbonyl (C=O) groups is 1. The summed E-state index contributed by atoms with van der Waals surface area (Å²) in [6.45, 7) is 3.76. The molecule has 2 rings (SSSR count). The van der Waals surface area contributed by atoms with Gasteiger partial charge in [-0.25, -0.2) is 4.79 Å². The molecule has 2 aromatic carbocycles. The van der Waals surface area contributed by atoms with Crippen LogP contribution in [0, 0.1) is 6.92 Å². The first kappa shape index (κ1) is 13.9. The molecule has 2 aromatic rings. The van der Waals surface area contributed by atoms with Crippen LogP contribution in [0.3, 0.4) is 0 Å². The molecule has 0 aliphatic heterocycles. The van der Waals surface area contributed by atoms with Gasteiger partial charge in [-0.15, -0.1) is 0 Å². The van der Waals surface area contributed by atoms with E-state index in [-0.39, 0.29) is 5.56 Å². The lowest BCUT2D eigenvalue weighted by Crippen LogP contribution is -2.02. The number of benzene rings is 2. The van der Waals surface area contributed by atoms with Gasteiger partial charge in [-0.3, -0.25) is 0 Å². The van der Waals surface area contributed by atoms with Gasteiger partial charge in [0.15, 0.2) is 0 Å². The van der Waals surface area contributed by atoms with E-state index in [1.807, 2.05) is 56.3 Å². The van der Waals surface area contributed by atoms with Crippen molar-refractivity contribution in [3.63, 3.8) is 0 Å². The summed E-state index contributed by atoms with van der Waals surface area (Å²) in [5.41, 5.74) is 1.87. The van der Waals surface area contributed by atoms with Crippen LogP contribution in [0.25, 0.3) is 6.08 Å². The fourth-order valence-corrected chi connectivity index (χ4v) is 1.96. The van der Waals surface area contributed by atoms with Gasteiger partial charge < -0.3 is 9.84 Å². The van der Waals surface area contributed by atoms with Crippen molar-refractivity contribution < 1.29 is 14.6 Å². The molecule has 20 heavy (non-hydrogen) atoms. The van der Waals surface area contributed by atoms with E-state index >= 15 is 0 Å². The molecule has 0 aliphatic carbocycles. The Labute approximate surface area is 118 Å². The summed E-state index contributed by atoms with van der Waals surface area (Å²) in [6, 6.07) is 12.6. The summed E-state index contributed by atoms with van der Waals surface area (Å²) in [5, 5.41) is 9.25. The van der Waals surface area contributed by atoms with E-state index in [0.717, 1.165) is 11.1 Å². The zero-order chi connectivity index (χ0) is 14.5. The summed E-state index contributed by atoms with van der Waals surface area (Å²) >= 11 is 0. The Hall–Kier alpha value is -2.55. The molecule has 0 amide bonds. The second kappa shape index (κ2) is 6.06. The third-order valence-electron chi connectivity index (χ3n) is 2.92. The fourth-order valence-electron chi connectivity index (χ4n) is 1.96. The Bertz CT molecular complexity index is 657. The van der Waals surface area contributed by atoms with Crippen molar-refractivity contribution >= 4 is 12.0 Å². The minimum atomic E-state index is -0.993. The zero-order valence-electron chi connectivity index (χ0n) is 11.5. The van der Waals surface area contributed by atoms with E-state index in [1.165, 1.54) is 0 Å². The van der Waals surface area contributed by atoms with E-state index in [0.29, 0.717) is 11.5 Å². The Morgan fingerprint density at radius 1 is 1.15 bits per heavy atom. The lowest BCUT2D eigenvalue weighted by Gasteiger charge is -2.13. The molecule has 0 radical (unpaired) electrons. The molecule has 0 atom stereocenters. The summed E-state index contributed by atoms with van der Waals surface area (Å²) in [4.78, 5) is 11.3. The number of aryl methyl sites for hydroxylation is 1. The quantitative estimate of drug-likeness (QED) is 0.886. The van der Waals surface area contributed by atoms with Crippen LogP contribution in [0.5, 0.6) is 11.5 Å². The van der Waals surface area contributed by atoms with Crippen LogP contribution >= 0.6 is 0 Å². The van der Waals surface area contributed by atoms with Crippen LogP contribution in [0.1, 0.15) is 28.4 Å². The highest BCUT2D eigenvalue weighted by atomic mass is 16.5. The van der Waals surface area contributed by atoms with E-state index in [1.54, 1.807) is 12.1 Å². The number of para-hydroxylation sites is 2. The maximum Gasteiger partial charge on any atom is 0.339 e. The Morgan fingerprint density at radius 3 is 2.60 bits per heavy atom. The monoisotopic (exact) mass is 268 g/mol. The molecule has 0 spiro atoms. The van der Waals surface area contributed by atoms with Gasteiger partial charge >= 0.3 is 5.97 Å². The van der Waals surface area contributed by atoms with Crippen LogP contribution in [0.2, 0.25) is 0 Å². The van der Waals surface area contributed by atoms with Gasteiger partial charge in [0.1, 0.15) is 17.1 Å². The van der Waals surface area contributed by atoms with Crippen LogP contribution in [-0.2, 0) is 0 Å². The van der Waals surface area contributed by atoms with E-state index in [9.17, 15) is 9.90 Å². The molecular weight excluding hydrogens is 252 g/mol. The van der Waals surface area contributed by atoms with E-state index in [2.05, 4.69) is 0 Å². The van der Waals surface area contributed by atoms with Crippen molar-refractivity contribution in [2.24, 2.45) is 0 Å². The first-order chi connectivity index (χ1) is 9.63. The molecule has 0 fully saturated rings. The van der Waals surface area contributed by atoms with Gasteiger partial charge in [0, 0.05) is 5.56 Å². The summed E-state index contributed by atoms with van der Waals surface area (Å²) < 4.78 is 5.85. The molecule has 3 heteroatoms. The van der Waals surface area contributed by atoms with Crippen molar-refractivity contribution in [3.8, 4) is 11.5 Å². The molecule has 0 saturated heterocycles. The average molecular weight is 268 g/mol. The number of hydrogen-bond donors (Lipinski definition) is 1. The third kappa shape index (κ3) is 2.88. The molecule has 0 bridgehead atoms. The highest BCUT2D eigenvalue weighted by Gasteiger charge is 2.14. The molecule has 0 heterocycles. The number of carboxylic acid groups (broad SMARTS) is 1.